The minimum atomic E-state index is -0.0117. The van der Waals surface area contributed by atoms with Crippen LogP contribution in [0.4, 0.5) is 17.1 Å². The number of benzene rings is 4. The van der Waals surface area contributed by atoms with E-state index in [1.165, 1.54) is 49.1 Å². The molecule has 0 atom stereocenters. The van der Waals surface area contributed by atoms with Crippen molar-refractivity contribution < 1.29 is 0 Å². The van der Waals surface area contributed by atoms with E-state index < -0.39 is 0 Å². The Labute approximate surface area is 210 Å². The Bertz CT molecular complexity index is 1590. The Kier molecular flexibility index (Phi) is 4.46. The summed E-state index contributed by atoms with van der Waals surface area (Å²) in [7, 11) is 0. The van der Waals surface area contributed by atoms with Gasteiger partial charge in [0.25, 0.3) is 0 Å². The van der Waals surface area contributed by atoms with Crippen LogP contribution in [0.25, 0.3) is 22.4 Å². The molecular weight excluding hydrogens is 444 g/mol. The van der Waals surface area contributed by atoms with E-state index in [2.05, 4.69) is 115 Å². The van der Waals surface area contributed by atoms with E-state index in [-0.39, 0.29) is 5.41 Å². The molecule has 1 aromatic heterocycles. The summed E-state index contributed by atoms with van der Waals surface area (Å²) in [5.74, 6) is 0. The monoisotopic (exact) mass is 468 g/mol. The van der Waals surface area contributed by atoms with Crippen LogP contribution in [0.3, 0.4) is 0 Å². The largest absolute Gasteiger partial charge is 0.308 e. The van der Waals surface area contributed by atoms with Crippen LogP contribution in [0.15, 0.2) is 119 Å². The maximum absolute atomic E-state index is 4.60. The molecule has 1 aliphatic heterocycles. The van der Waals surface area contributed by atoms with Crippen LogP contribution >= 0.6 is 11.8 Å². The molecule has 3 heteroatoms. The molecule has 2 nitrogen and oxygen atoms in total. The van der Waals surface area contributed by atoms with E-state index in [1.807, 2.05) is 30.1 Å². The molecule has 35 heavy (non-hydrogen) atoms. The summed E-state index contributed by atoms with van der Waals surface area (Å²) in [5, 5.41) is 0. The van der Waals surface area contributed by atoms with E-state index >= 15 is 0 Å². The zero-order valence-electron chi connectivity index (χ0n) is 19.7. The van der Waals surface area contributed by atoms with Gasteiger partial charge in [0, 0.05) is 38.2 Å². The van der Waals surface area contributed by atoms with Gasteiger partial charge >= 0.3 is 0 Å². The molecule has 0 fully saturated rings. The summed E-state index contributed by atoms with van der Waals surface area (Å²) in [6.07, 6.45) is 1.86. The fourth-order valence-electron chi connectivity index (χ4n) is 5.60. The van der Waals surface area contributed by atoms with Crippen LogP contribution in [0, 0.1) is 0 Å². The van der Waals surface area contributed by atoms with E-state index in [9.17, 15) is 0 Å². The molecule has 5 aromatic rings. The smallest absolute Gasteiger partial charge is 0.0702 e. The van der Waals surface area contributed by atoms with Gasteiger partial charge in [-0.25, -0.2) is 0 Å². The molecule has 0 unspecified atom stereocenters. The minimum absolute atomic E-state index is 0.0117. The van der Waals surface area contributed by atoms with Gasteiger partial charge in [0.1, 0.15) is 0 Å². The van der Waals surface area contributed by atoms with Gasteiger partial charge < -0.3 is 4.90 Å². The fraction of sp³-hybridized carbons (Fsp3) is 0.0938. The van der Waals surface area contributed by atoms with Crippen molar-refractivity contribution in [3.8, 4) is 22.4 Å². The molecule has 168 valence electrons. The molecule has 2 heterocycles. The van der Waals surface area contributed by atoms with Gasteiger partial charge in [0.05, 0.1) is 17.1 Å². The first kappa shape index (κ1) is 20.5. The number of fused-ring (bicyclic) bond motifs is 6. The highest BCUT2D eigenvalue weighted by Crippen LogP contribution is 2.60. The normalized spacial score (nSPS) is 14.6. The van der Waals surface area contributed by atoms with Crippen molar-refractivity contribution in [2.75, 3.05) is 4.90 Å². The van der Waals surface area contributed by atoms with Crippen LogP contribution in [0.5, 0.6) is 0 Å². The summed E-state index contributed by atoms with van der Waals surface area (Å²) in [5.41, 5.74) is 11.3. The fourth-order valence-corrected chi connectivity index (χ4v) is 6.79. The van der Waals surface area contributed by atoms with E-state index in [1.54, 1.807) is 0 Å². The molecule has 0 saturated heterocycles. The highest BCUT2D eigenvalue weighted by molar-refractivity contribution is 8.00. The first-order valence-electron chi connectivity index (χ1n) is 12.0. The number of hydrogen-bond acceptors (Lipinski definition) is 3. The summed E-state index contributed by atoms with van der Waals surface area (Å²) < 4.78 is 0. The topological polar surface area (TPSA) is 16.1 Å². The van der Waals surface area contributed by atoms with E-state index in [0.29, 0.717) is 0 Å². The number of rotatable bonds is 2. The molecule has 2 aliphatic rings. The molecule has 0 spiro atoms. The molecule has 0 amide bonds. The molecule has 0 bridgehead atoms. The molecule has 4 aromatic carbocycles. The molecule has 0 N–H and O–H groups in total. The molecule has 0 radical (unpaired) electrons. The SMILES string of the molecule is CC1(C)c2ccccc2-c2c1ccc1c2Sc2ccc(-c3ccccn3)cc2N1c1ccccc1. The van der Waals surface area contributed by atoms with Crippen molar-refractivity contribution in [2.24, 2.45) is 0 Å². The molecular formula is C32H24N2S. The quantitative estimate of drug-likeness (QED) is 0.252. The van der Waals surface area contributed by atoms with E-state index in [4.69, 9.17) is 0 Å². The summed E-state index contributed by atoms with van der Waals surface area (Å²) in [4.78, 5) is 9.62. The minimum Gasteiger partial charge on any atom is -0.308 e. The average molecular weight is 469 g/mol. The third kappa shape index (κ3) is 3.01. The van der Waals surface area contributed by atoms with Crippen molar-refractivity contribution in [1.82, 2.24) is 4.98 Å². The Morgan fingerprint density at radius 3 is 2.34 bits per heavy atom. The first-order valence-corrected chi connectivity index (χ1v) is 12.8. The number of nitrogens with zero attached hydrogens (tertiary/aromatic N) is 2. The molecule has 1 aliphatic carbocycles. The van der Waals surface area contributed by atoms with Gasteiger partial charge in [-0.05, 0) is 59.2 Å². The molecule has 7 rings (SSSR count). The lowest BCUT2D eigenvalue weighted by Gasteiger charge is -2.35. The first-order chi connectivity index (χ1) is 17.1. The van der Waals surface area contributed by atoms with Crippen LogP contribution in [0.1, 0.15) is 25.0 Å². The van der Waals surface area contributed by atoms with Crippen molar-refractivity contribution in [1.29, 1.82) is 0 Å². The third-order valence-corrected chi connectivity index (χ3v) is 8.49. The summed E-state index contributed by atoms with van der Waals surface area (Å²) in [6, 6.07) is 37.1. The Balaban J connectivity index is 1.49. The lowest BCUT2D eigenvalue weighted by Crippen LogP contribution is -2.17. The predicted molar refractivity (Wildman–Crippen MR) is 146 cm³/mol. The van der Waals surface area contributed by atoms with Crippen molar-refractivity contribution in [3.05, 3.63) is 120 Å². The maximum Gasteiger partial charge on any atom is 0.0702 e. The lowest BCUT2D eigenvalue weighted by atomic mass is 9.82. The number of pyridine rings is 1. The van der Waals surface area contributed by atoms with Crippen LogP contribution in [-0.2, 0) is 5.41 Å². The van der Waals surface area contributed by atoms with Gasteiger partial charge in [-0.15, -0.1) is 0 Å². The Hall–Kier alpha value is -3.82. The summed E-state index contributed by atoms with van der Waals surface area (Å²) >= 11 is 1.89. The van der Waals surface area contributed by atoms with Crippen molar-refractivity contribution in [2.45, 2.75) is 29.1 Å². The number of aromatic nitrogens is 1. The van der Waals surface area contributed by atoms with Gasteiger partial charge in [-0.2, -0.15) is 0 Å². The second-order valence-electron chi connectivity index (χ2n) is 9.68. The van der Waals surface area contributed by atoms with Crippen LogP contribution in [-0.4, -0.2) is 4.98 Å². The van der Waals surface area contributed by atoms with Crippen LogP contribution < -0.4 is 4.90 Å². The highest BCUT2D eigenvalue weighted by Gasteiger charge is 2.39. The van der Waals surface area contributed by atoms with Crippen LogP contribution in [0.2, 0.25) is 0 Å². The van der Waals surface area contributed by atoms with Gasteiger partial charge in [-0.3, -0.25) is 4.98 Å². The second kappa shape index (κ2) is 7.59. The highest BCUT2D eigenvalue weighted by atomic mass is 32.2. The van der Waals surface area contributed by atoms with Crippen molar-refractivity contribution >= 4 is 28.8 Å². The summed E-state index contributed by atoms with van der Waals surface area (Å²) in [6.45, 7) is 4.69. The zero-order chi connectivity index (χ0) is 23.6. The zero-order valence-corrected chi connectivity index (χ0v) is 20.5. The van der Waals surface area contributed by atoms with E-state index in [0.717, 1.165) is 11.3 Å². The second-order valence-corrected chi connectivity index (χ2v) is 10.7. The van der Waals surface area contributed by atoms with Crippen molar-refractivity contribution in [3.63, 3.8) is 0 Å². The van der Waals surface area contributed by atoms with Gasteiger partial charge in [0.2, 0.25) is 0 Å². The number of anilines is 3. The number of para-hydroxylation sites is 1. The van der Waals surface area contributed by atoms with Gasteiger partial charge in [0.15, 0.2) is 0 Å². The van der Waals surface area contributed by atoms with Gasteiger partial charge in [-0.1, -0.05) is 86.3 Å². The third-order valence-electron chi connectivity index (χ3n) is 7.31. The lowest BCUT2D eigenvalue weighted by molar-refractivity contribution is 0.659. The Morgan fingerprint density at radius 2 is 1.51 bits per heavy atom. The Morgan fingerprint density at radius 1 is 0.714 bits per heavy atom. The molecule has 0 saturated carbocycles. The predicted octanol–water partition coefficient (Wildman–Crippen LogP) is 8.99. The average Bonchev–Trinajstić information content (AvgIpc) is 3.15. The maximum atomic E-state index is 4.60. The number of hydrogen-bond donors (Lipinski definition) is 0. The standard InChI is InChI=1S/C32H24N2S/c1-32(2)24-13-7-6-12-23(24)30-25(32)16-17-27-31(30)35-29-18-15-21(26-14-8-9-19-33-26)20-28(29)34(27)22-10-4-3-5-11-22/h3-20H,1-2H3.